The molecule has 2 N–H and O–H groups in total. The number of nitrogens with zero attached hydrogens (tertiary/aromatic N) is 3. The van der Waals surface area contributed by atoms with Gasteiger partial charge in [-0.3, -0.25) is 4.79 Å². The third kappa shape index (κ3) is 3.28. The Kier molecular flexibility index (Phi) is 3.91. The van der Waals surface area contributed by atoms with Gasteiger partial charge in [-0.15, -0.1) is 5.10 Å². The summed E-state index contributed by atoms with van der Waals surface area (Å²) < 4.78 is 1.24. The minimum Gasteiger partial charge on any atom is -0.476 e. The number of aromatic carboxylic acids is 1. The third-order valence-electron chi connectivity index (χ3n) is 3.03. The zero-order valence-corrected chi connectivity index (χ0v) is 10.0. The van der Waals surface area contributed by atoms with Crippen LogP contribution in [0.4, 0.5) is 0 Å². The Labute approximate surface area is 104 Å². The molecule has 0 radical (unpaired) electrons. The molecule has 0 saturated heterocycles. The molecule has 2 rings (SSSR count). The van der Waals surface area contributed by atoms with E-state index in [4.69, 9.17) is 5.11 Å². The van der Waals surface area contributed by atoms with Crippen LogP contribution < -0.4 is 5.32 Å². The molecular weight excluding hydrogens is 236 g/mol. The number of carboxylic acids is 1. The van der Waals surface area contributed by atoms with Gasteiger partial charge in [0.2, 0.25) is 5.91 Å². The number of carbonyl (C=O) groups excluding carboxylic acids is 1. The number of hydrogen-bond acceptors (Lipinski definition) is 4. The molecule has 1 fully saturated rings. The molecule has 0 unspecified atom stereocenters. The van der Waals surface area contributed by atoms with E-state index in [2.05, 4.69) is 15.6 Å². The smallest absolute Gasteiger partial charge is 0.358 e. The highest BCUT2D eigenvalue weighted by molar-refractivity contribution is 5.84. The lowest BCUT2D eigenvalue weighted by molar-refractivity contribution is -0.122. The average Bonchev–Trinajstić information content (AvgIpc) is 2.78. The molecule has 0 atom stereocenters. The second-order valence-electron chi connectivity index (χ2n) is 4.51. The first kappa shape index (κ1) is 12.5. The van der Waals surface area contributed by atoms with Crippen molar-refractivity contribution in [3.63, 3.8) is 0 Å². The van der Waals surface area contributed by atoms with Gasteiger partial charge in [-0.25, -0.2) is 9.48 Å². The maximum absolute atomic E-state index is 11.7. The highest BCUT2D eigenvalue weighted by Gasteiger charge is 2.16. The van der Waals surface area contributed by atoms with Crippen LogP contribution in [0.15, 0.2) is 6.20 Å². The molecule has 98 valence electrons. The number of rotatable bonds is 4. The lowest BCUT2D eigenvalue weighted by atomic mass is 9.95. The molecule has 1 saturated carbocycles. The predicted molar refractivity (Wildman–Crippen MR) is 62.0 cm³/mol. The van der Waals surface area contributed by atoms with Gasteiger partial charge in [0.1, 0.15) is 6.54 Å². The number of carbonyl (C=O) groups is 2. The highest BCUT2D eigenvalue weighted by atomic mass is 16.4. The Balaban J connectivity index is 1.84. The molecule has 0 bridgehead atoms. The van der Waals surface area contributed by atoms with E-state index in [0.29, 0.717) is 0 Å². The van der Waals surface area contributed by atoms with Crippen LogP contribution in [-0.2, 0) is 11.3 Å². The van der Waals surface area contributed by atoms with Crippen molar-refractivity contribution in [2.45, 2.75) is 44.7 Å². The van der Waals surface area contributed by atoms with Gasteiger partial charge in [-0.2, -0.15) is 0 Å². The SMILES string of the molecule is O=C(Cn1cc(C(=O)O)nn1)NC1CCCCC1. The van der Waals surface area contributed by atoms with Gasteiger partial charge in [0, 0.05) is 6.04 Å². The second-order valence-corrected chi connectivity index (χ2v) is 4.51. The first-order valence-electron chi connectivity index (χ1n) is 6.08. The number of hydrogen-bond donors (Lipinski definition) is 2. The van der Waals surface area contributed by atoms with Crippen LogP contribution in [-0.4, -0.2) is 38.0 Å². The minimum atomic E-state index is -1.14. The van der Waals surface area contributed by atoms with Crippen LogP contribution in [0.3, 0.4) is 0 Å². The molecule has 1 heterocycles. The van der Waals surface area contributed by atoms with E-state index >= 15 is 0 Å². The molecule has 7 heteroatoms. The summed E-state index contributed by atoms with van der Waals surface area (Å²) in [7, 11) is 0. The quantitative estimate of drug-likeness (QED) is 0.809. The zero-order valence-electron chi connectivity index (χ0n) is 10.0. The molecule has 1 aliphatic carbocycles. The van der Waals surface area contributed by atoms with Gasteiger partial charge >= 0.3 is 5.97 Å². The maximum Gasteiger partial charge on any atom is 0.358 e. The molecule has 0 spiro atoms. The zero-order chi connectivity index (χ0) is 13.0. The molecule has 7 nitrogen and oxygen atoms in total. The van der Waals surface area contributed by atoms with E-state index in [1.807, 2.05) is 0 Å². The van der Waals surface area contributed by atoms with E-state index in [9.17, 15) is 9.59 Å². The number of nitrogens with one attached hydrogen (secondary N) is 1. The monoisotopic (exact) mass is 252 g/mol. The summed E-state index contributed by atoms with van der Waals surface area (Å²) in [6.07, 6.45) is 6.82. The van der Waals surface area contributed by atoms with Crippen molar-refractivity contribution >= 4 is 11.9 Å². The fourth-order valence-electron chi connectivity index (χ4n) is 2.14. The number of carboxylic acid groups (broad SMARTS) is 1. The Morgan fingerprint density at radius 1 is 1.39 bits per heavy atom. The van der Waals surface area contributed by atoms with E-state index in [0.717, 1.165) is 25.7 Å². The van der Waals surface area contributed by atoms with Gasteiger partial charge in [-0.1, -0.05) is 24.5 Å². The fourth-order valence-corrected chi connectivity index (χ4v) is 2.14. The largest absolute Gasteiger partial charge is 0.476 e. The Bertz CT molecular complexity index is 437. The summed E-state index contributed by atoms with van der Waals surface area (Å²) >= 11 is 0. The molecule has 0 aromatic carbocycles. The topological polar surface area (TPSA) is 97.1 Å². The standard InChI is InChI=1S/C11H16N4O3/c16-10(12-8-4-2-1-3-5-8)7-15-6-9(11(17)18)13-14-15/h6,8H,1-5,7H2,(H,12,16)(H,17,18). The van der Waals surface area contributed by atoms with Gasteiger partial charge in [0.05, 0.1) is 6.20 Å². The van der Waals surface area contributed by atoms with Gasteiger partial charge in [0.15, 0.2) is 5.69 Å². The molecule has 0 aliphatic heterocycles. The summed E-state index contributed by atoms with van der Waals surface area (Å²) in [5, 5.41) is 18.7. The summed E-state index contributed by atoms with van der Waals surface area (Å²) in [4.78, 5) is 22.3. The number of aromatic nitrogens is 3. The molecule has 1 aromatic rings. The highest BCUT2D eigenvalue weighted by Crippen LogP contribution is 2.17. The Hall–Kier alpha value is -1.92. The van der Waals surface area contributed by atoms with E-state index in [-0.39, 0.29) is 24.2 Å². The summed E-state index contributed by atoms with van der Waals surface area (Å²) in [5.41, 5.74) is -0.152. The van der Waals surface area contributed by atoms with Gasteiger partial charge in [-0.05, 0) is 12.8 Å². The predicted octanol–water partition coefficient (Wildman–Crippen LogP) is 0.425. The van der Waals surface area contributed by atoms with Crippen LogP contribution in [0, 0.1) is 0 Å². The van der Waals surface area contributed by atoms with E-state index < -0.39 is 5.97 Å². The van der Waals surface area contributed by atoms with Crippen molar-refractivity contribution in [2.24, 2.45) is 0 Å². The lowest BCUT2D eigenvalue weighted by Gasteiger charge is -2.22. The molecule has 1 aromatic heterocycles. The van der Waals surface area contributed by atoms with Crippen molar-refractivity contribution in [2.75, 3.05) is 0 Å². The van der Waals surface area contributed by atoms with E-state index in [1.54, 1.807) is 0 Å². The summed E-state index contributed by atoms with van der Waals surface area (Å²) in [5.74, 6) is -1.29. The van der Waals surface area contributed by atoms with Crippen molar-refractivity contribution in [3.05, 3.63) is 11.9 Å². The molecule has 1 amide bonds. The first-order valence-corrected chi connectivity index (χ1v) is 6.08. The maximum atomic E-state index is 11.7. The van der Waals surface area contributed by atoms with Gasteiger partial charge < -0.3 is 10.4 Å². The van der Waals surface area contributed by atoms with Crippen LogP contribution >= 0.6 is 0 Å². The summed E-state index contributed by atoms with van der Waals surface area (Å²) in [6, 6.07) is 0.244. The van der Waals surface area contributed by atoms with Crippen molar-refractivity contribution in [1.29, 1.82) is 0 Å². The number of amides is 1. The van der Waals surface area contributed by atoms with Crippen molar-refractivity contribution in [3.8, 4) is 0 Å². The Morgan fingerprint density at radius 3 is 2.72 bits per heavy atom. The van der Waals surface area contributed by atoms with Gasteiger partial charge in [0.25, 0.3) is 0 Å². The van der Waals surface area contributed by atoms with Crippen molar-refractivity contribution < 1.29 is 14.7 Å². The first-order chi connectivity index (χ1) is 8.65. The molecule has 1 aliphatic rings. The van der Waals surface area contributed by atoms with Crippen LogP contribution in [0.1, 0.15) is 42.6 Å². The van der Waals surface area contributed by atoms with Crippen molar-refractivity contribution in [1.82, 2.24) is 20.3 Å². The van der Waals surface area contributed by atoms with E-state index in [1.165, 1.54) is 17.3 Å². The normalized spacial score (nSPS) is 16.4. The minimum absolute atomic E-state index is 0.0107. The summed E-state index contributed by atoms with van der Waals surface area (Å²) in [6.45, 7) is 0.0107. The van der Waals surface area contributed by atoms with Crippen LogP contribution in [0.25, 0.3) is 0 Å². The third-order valence-corrected chi connectivity index (χ3v) is 3.03. The molecule has 18 heavy (non-hydrogen) atoms. The lowest BCUT2D eigenvalue weighted by Crippen LogP contribution is -2.38. The fraction of sp³-hybridized carbons (Fsp3) is 0.636. The molecular formula is C11H16N4O3. The van der Waals surface area contributed by atoms with Crippen LogP contribution in [0.2, 0.25) is 0 Å². The average molecular weight is 252 g/mol. The van der Waals surface area contributed by atoms with Crippen LogP contribution in [0.5, 0.6) is 0 Å². The second kappa shape index (κ2) is 5.61. The Morgan fingerprint density at radius 2 is 2.11 bits per heavy atom.